The van der Waals surface area contributed by atoms with Crippen molar-refractivity contribution in [1.82, 2.24) is 10.2 Å². The molecule has 0 unspecified atom stereocenters. The number of hydrogen-bond acceptors (Lipinski definition) is 3. The molecule has 3 rings (SSSR count). The fourth-order valence-corrected chi connectivity index (χ4v) is 4.79. The lowest BCUT2D eigenvalue weighted by Gasteiger charge is -2.31. The SMILES string of the molecule is Cc1ccccc1CN(C(=O)CSc1ccc(Cl)cc1)[C@@H](C)C(=O)NC1CCCCC1. The quantitative estimate of drug-likeness (QED) is 0.523. The van der Waals surface area contributed by atoms with E-state index in [1.165, 1.54) is 18.2 Å². The summed E-state index contributed by atoms with van der Waals surface area (Å²) in [6, 6.07) is 15.2. The fraction of sp³-hybridized carbons (Fsp3) is 0.440. The molecule has 2 aromatic rings. The van der Waals surface area contributed by atoms with Gasteiger partial charge in [0.2, 0.25) is 11.8 Å². The Kier molecular flexibility index (Phi) is 8.85. The zero-order chi connectivity index (χ0) is 22.2. The van der Waals surface area contributed by atoms with Gasteiger partial charge in [-0.3, -0.25) is 9.59 Å². The average Bonchev–Trinajstić information content (AvgIpc) is 2.78. The van der Waals surface area contributed by atoms with Crippen LogP contribution in [0.3, 0.4) is 0 Å². The Bertz CT molecular complexity index is 881. The third kappa shape index (κ3) is 7.01. The molecule has 6 heteroatoms. The predicted molar refractivity (Wildman–Crippen MR) is 128 cm³/mol. The molecule has 1 fully saturated rings. The maximum absolute atomic E-state index is 13.2. The second kappa shape index (κ2) is 11.6. The van der Waals surface area contributed by atoms with Crippen molar-refractivity contribution < 1.29 is 9.59 Å². The molecule has 2 amide bonds. The zero-order valence-electron chi connectivity index (χ0n) is 18.3. The van der Waals surface area contributed by atoms with Crippen molar-refractivity contribution >= 4 is 35.2 Å². The number of carbonyl (C=O) groups excluding carboxylic acids is 2. The molecule has 4 nitrogen and oxygen atoms in total. The number of hydrogen-bond donors (Lipinski definition) is 1. The third-order valence-corrected chi connectivity index (χ3v) is 7.15. The van der Waals surface area contributed by atoms with Crippen LogP contribution in [0, 0.1) is 6.92 Å². The standard InChI is InChI=1S/C25H31ClN2O2S/c1-18-8-6-7-9-20(18)16-28(19(2)25(30)27-22-10-4-3-5-11-22)24(29)17-31-23-14-12-21(26)13-15-23/h6-9,12-15,19,22H,3-5,10-11,16-17H2,1-2H3,(H,27,30)/t19-/m0/s1. The molecule has 31 heavy (non-hydrogen) atoms. The molecule has 0 aromatic heterocycles. The summed E-state index contributed by atoms with van der Waals surface area (Å²) in [6.45, 7) is 4.29. The molecule has 1 aliphatic carbocycles. The number of nitrogens with one attached hydrogen (secondary N) is 1. The van der Waals surface area contributed by atoms with Gasteiger partial charge in [0.05, 0.1) is 5.75 Å². The highest BCUT2D eigenvalue weighted by Gasteiger charge is 2.28. The Balaban J connectivity index is 1.71. The molecule has 1 N–H and O–H groups in total. The van der Waals surface area contributed by atoms with Crippen molar-refractivity contribution in [1.29, 1.82) is 0 Å². The van der Waals surface area contributed by atoms with Gasteiger partial charge in [-0.05, 0) is 62.1 Å². The summed E-state index contributed by atoms with van der Waals surface area (Å²) < 4.78 is 0. The minimum Gasteiger partial charge on any atom is -0.352 e. The van der Waals surface area contributed by atoms with Crippen molar-refractivity contribution in [2.24, 2.45) is 0 Å². The average molecular weight is 459 g/mol. The van der Waals surface area contributed by atoms with Gasteiger partial charge in [-0.1, -0.05) is 55.1 Å². The van der Waals surface area contributed by atoms with Crippen LogP contribution in [0.15, 0.2) is 53.4 Å². The van der Waals surface area contributed by atoms with Crippen LogP contribution in [0.4, 0.5) is 0 Å². The smallest absolute Gasteiger partial charge is 0.242 e. The van der Waals surface area contributed by atoms with E-state index in [4.69, 9.17) is 11.6 Å². The molecule has 1 atom stereocenters. The van der Waals surface area contributed by atoms with Gasteiger partial charge in [-0.2, -0.15) is 0 Å². The lowest BCUT2D eigenvalue weighted by molar-refractivity contribution is -0.139. The van der Waals surface area contributed by atoms with Crippen molar-refractivity contribution in [3.63, 3.8) is 0 Å². The first kappa shape index (κ1) is 23.7. The van der Waals surface area contributed by atoms with Crippen LogP contribution < -0.4 is 5.32 Å². The molecule has 166 valence electrons. The summed E-state index contributed by atoms with van der Waals surface area (Å²) in [4.78, 5) is 28.9. The van der Waals surface area contributed by atoms with Crippen molar-refractivity contribution in [2.75, 3.05) is 5.75 Å². The second-order valence-corrected chi connectivity index (χ2v) is 9.70. The minimum atomic E-state index is -0.528. The molecule has 0 bridgehead atoms. The van der Waals surface area contributed by atoms with E-state index in [1.54, 1.807) is 4.90 Å². The minimum absolute atomic E-state index is 0.0468. The highest BCUT2D eigenvalue weighted by Crippen LogP contribution is 2.23. The van der Waals surface area contributed by atoms with E-state index in [-0.39, 0.29) is 23.6 Å². The number of halogens is 1. The molecule has 2 aromatic carbocycles. The number of carbonyl (C=O) groups is 2. The summed E-state index contributed by atoms with van der Waals surface area (Å²) in [5.74, 6) is 0.161. The van der Waals surface area contributed by atoms with Crippen LogP contribution in [-0.4, -0.2) is 34.6 Å². The molecular formula is C25H31ClN2O2S. The number of benzene rings is 2. The van der Waals surface area contributed by atoms with Gasteiger partial charge in [0.25, 0.3) is 0 Å². The topological polar surface area (TPSA) is 49.4 Å². The summed E-state index contributed by atoms with van der Waals surface area (Å²) in [5.41, 5.74) is 2.18. The summed E-state index contributed by atoms with van der Waals surface area (Å²) in [7, 11) is 0. The van der Waals surface area contributed by atoms with E-state index in [9.17, 15) is 9.59 Å². The summed E-state index contributed by atoms with van der Waals surface area (Å²) in [6.07, 6.45) is 5.60. The summed E-state index contributed by atoms with van der Waals surface area (Å²) >= 11 is 7.42. The normalized spacial score (nSPS) is 15.3. The number of aryl methyl sites for hydroxylation is 1. The van der Waals surface area contributed by atoms with Crippen LogP contribution in [0.25, 0.3) is 0 Å². The maximum Gasteiger partial charge on any atom is 0.242 e. The van der Waals surface area contributed by atoms with Gasteiger partial charge in [-0.25, -0.2) is 0 Å². The number of amides is 2. The Hall–Kier alpha value is -1.98. The van der Waals surface area contributed by atoms with Gasteiger partial charge < -0.3 is 10.2 Å². The highest BCUT2D eigenvalue weighted by atomic mass is 35.5. The van der Waals surface area contributed by atoms with Gasteiger partial charge >= 0.3 is 0 Å². The molecule has 0 heterocycles. The molecule has 0 radical (unpaired) electrons. The van der Waals surface area contributed by atoms with Gasteiger partial charge in [0, 0.05) is 22.5 Å². The van der Waals surface area contributed by atoms with Crippen LogP contribution in [-0.2, 0) is 16.1 Å². The zero-order valence-corrected chi connectivity index (χ0v) is 19.8. The van der Waals surface area contributed by atoms with Crippen molar-refractivity contribution in [2.45, 2.75) is 69.5 Å². The first-order valence-electron chi connectivity index (χ1n) is 11.0. The van der Waals surface area contributed by atoms with E-state index in [0.29, 0.717) is 11.6 Å². The fourth-order valence-electron chi connectivity index (χ4n) is 3.88. The number of nitrogens with zero attached hydrogens (tertiary/aromatic N) is 1. The number of rotatable bonds is 8. The van der Waals surface area contributed by atoms with Crippen LogP contribution in [0.5, 0.6) is 0 Å². The monoisotopic (exact) mass is 458 g/mol. The third-order valence-electron chi connectivity index (χ3n) is 5.90. The molecular weight excluding hydrogens is 428 g/mol. The highest BCUT2D eigenvalue weighted by molar-refractivity contribution is 8.00. The van der Waals surface area contributed by atoms with Crippen molar-refractivity contribution in [3.8, 4) is 0 Å². The predicted octanol–water partition coefficient (Wildman–Crippen LogP) is 5.61. The van der Waals surface area contributed by atoms with Crippen LogP contribution >= 0.6 is 23.4 Å². The van der Waals surface area contributed by atoms with E-state index in [2.05, 4.69) is 5.32 Å². The Morgan fingerprint density at radius 2 is 1.77 bits per heavy atom. The maximum atomic E-state index is 13.2. The van der Waals surface area contributed by atoms with E-state index in [1.807, 2.05) is 62.4 Å². The molecule has 1 aliphatic rings. The lowest BCUT2D eigenvalue weighted by atomic mass is 9.95. The van der Waals surface area contributed by atoms with E-state index >= 15 is 0 Å². The first-order chi connectivity index (χ1) is 14.9. The largest absolute Gasteiger partial charge is 0.352 e. The second-order valence-electron chi connectivity index (χ2n) is 8.21. The molecule has 0 saturated heterocycles. The van der Waals surface area contributed by atoms with Crippen LogP contribution in [0.2, 0.25) is 5.02 Å². The van der Waals surface area contributed by atoms with E-state index in [0.717, 1.165) is 41.7 Å². The summed E-state index contributed by atoms with van der Waals surface area (Å²) in [5, 5.41) is 3.85. The number of thioether (sulfide) groups is 1. The lowest BCUT2D eigenvalue weighted by Crippen LogP contribution is -2.50. The van der Waals surface area contributed by atoms with Gasteiger partial charge in [0.1, 0.15) is 6.04 Å². The van der Waals surface area contributed by atoms with E-state index < -0.39 is 6.04 Å². The Labute approximate surface area is 194 Å². The molecule has 0 spiro atoms. The Morgan fingerprint density at radius 1 is 1.10 bits per heavy atom. The first-order valence-corrected chi connectivity index (χ1v) is 12.3. The molecule has 0 aliphatic heterocycles. The van der Waals surface area contributed by atoms with Gasteiger partial charge in [0.15, 0.2) is 0 Å². The Morgan fingerprint density at radius 3 is 2.45 bits per heavy atom. The van der Waals surface area contributed by atoms with Gasteiger partial charge in [-0.15, -0.1) is 11.8 Å². The van der Waals surface area contributed by atoms with Crippen LogP contribution in [0.1, 0.15) is 50.2 Å². The van der Waals surface area contributed by atoms with Crippen molar-refractivity contribution in [3.05, 3.63) is 64.7 Å². The molecule has 1 saturated carbocycles.